The van der Waals surface area contributed by atoms with Crippen LogP contribution in [-0.4, -0.2) is 33.5 Å². The van der Waals surface area contributed by atoms with Gasteiger partial charge in [-0.15, -0.1) is 0 Å². The fourth-order valence-electron chi connectivity index (χ4n) is 11.0. The molecule has 97 heavy (non-hydrogen) atoms. The van der Waals surface area contributed by atoms with Crippen molar-refractivity contribution in [2.45, 2.75) is 64.7 Å². The molecule has 8 aromatic carbocycles. The zero-order valence-corrected chi connectivity index (χ0v) is 59.1. The van der Waals surface area contributed by atoms with E-state index in [0.29, 0.717) is 33.8 Å². The first-order chi connectivity index (χ1) is 46.0. The van der Waals surface area contributed by atoms with Crippen LogP contribution < -0.4 is 31.4 Å². The normalized spacial score (nSPS) is 11.7. The van der Waals surface area contributed by atoms with Gasteiger partial charge in [0.1, 0.15) is 22.9 Å². The average Bonchev–Trinajstić information content (AvgIpc) is 1.63. The van der Waals surface area contributed by atoms with E-state index < -0.39 is 39.6 Å². The summed E-state index contributed by atoms with van der Waals surface area (Å²) in [6.45, 7) is 17.5. The molecular weight excluding hydrogens is 1440 g/mol. The van der Waals surface area contributed by atoms with Crippen LogP contribution in [0, 0.1) is 0 Å². The van der Waals surface area contributed by atoms with Crippen LogP contribution in [-0.2, 0) is 43.0 Å². The molecule has 0 bridgehead atoms. The van der Waals surface area contributed by atoms with Crippen LogP contribution in [0.25, 0.3) is 89.6 Å². The van der Waals surface area contributed by atoms with E-state index in [4.69, 9.17) is 8.83 Å². The van der Waals surface area contributed by atoms with E-state index in [0.717, 1.165) is 21.9 Å². The van der Waals surface area contributed by atoms with Crippen LogP contribution in [0.15, 0.2) is 276 Å². The van der Waals surface area contributed by atoms with Crippen molar-refractivity contribution >= 4 is 59.0 Å². The van der Waals surface area contributed by atoms with E-state index in [9.17, 15) is 26.3 Å². The smallest absolute Gasteiger partial charge is 0.573 e. The van der Waals surface area contributed by atoms with E-state index in [1.165, 1.54) is 44.7 Å². The van der Waals surface area contributed by atoms with Gasteiger partial charge in [-0.1, -0.05) is 235 Å². The van der Waals surface area contributed by atoms with Gasteiger partial charge in [-0.2, -0.15) is 26.3 Å². The Labute approximate surface area is 576 Å². The number of nitrogens with zero attached hydrogens (tertiary/aromatic N) is 6. The van der Waals surface area contributed by atoms with E-state index in [2.05, 4.69) is 207 Å². The summed E-state index contributed by atoms with van der Waals surface area (Å²) in [6.07, 6.45) is -6.24. The number of furan rings is 2. The van der Waals surface area contributed by atoms with Crippen molar-refractivity contribution in [3.8, 4) is 67.7 Å². The van der Waals surface area contributed by atoms with Crippen molar-refractivity contribution in [3.05, 3.63) is 290 Å². The first kappa shape index (κ1) is 70.4. The summed E-state index contributed by atoms with van der Waals surface area (Å²) in [6, 6.07) is 82.9. The van der Waals surface area contributed by atoms with Gasteiger partial charge in [0.15, 0.2) is 11.2 Å². The van der Waals surface area contributed by atoms with Gasteiger partial charge in [-0.25, -0.2) is 0 Å². The Morgan fingerprint density at radius 3 is 0.897 bits per heavy atom. The molecule has 6 aromatic heterocycles. The molecule has 0 amide bonds. The predicted octanol–water partition coefficient (Wildman–Crippen LogP) is 20.0. The summed E-state index contributed by atoms with van der Waals surface area (Å²) in [5.41, 5.74) is 3.79. The Hall–Kier alpha value is -9.36. The second kappa shape index (κ2) is 30.4. The number of benzene rings is 8. The fourth-order valence-corrected chi connectivity index (χ4v) is 14.5. The van der Waals surface area contributed by atoms with Crippen molar-refractivity contribution < 1.29 is 55.0 Å². The molecule has 0 atom stereocenters. The Morgan fingerprint density at radius 1 is 0.351 bits per heavy atom. The zero-order chi connectivity index (χ0) is 67.8. The Bertz CT molecular complexity index is 4440. The third-order valence-electron chi connectivity index (χ3n) is 16.3. The largest absolute Gasteiger partial charge is 2.00 e. The van der Waals surface area contributed by atoms with Crippen LogP contribution in [0.5, 0.6) is 0 Å². The maximum Gasteiger partial charge on any atom is 2.00 e. The minimum Gasteiger partial charge on any atom is -0.573 e. The molecule has 0 aliphatic heterocycles. The molecule has 0 aliphatic carbocycles. The Balaban J connectivity index is 0.000000151. The molecule has 17 heteroatoms. The van der Waals surface area contributed by atoms with Crippen molar-refractivity contribution in [2.24, 2.45) is 0 Å². The topological polar surface area (TPSA) is 106 Å². The summed E-state index contributed by atoms with van der Waals surface area (Å²) < 4.78 is 94.9. The molecule has 0 spiro atoms. The van der Waals surface area contributed by atoms with Gasteiger partial charge < -0.3 is 29.2 Å². The first-order valence-corrected chi connectivity index (χ1v) is 35.2. The number of alkyl halides is 6. The molecule has 14 aromatic rings. The maximum absolute atomic E-state index is 13.8. The van der Waals surface area contributed by atoms with Crippen molar-refractivity contribution in [1.29, 1.82) is 0 Å². The van der Waals surface area contributed by atoms with Crippen molar-refractivity contribution in [3.63, 3.8) is 0 Å². The van der Waals surface area contributed by atoms with Crippen LogP contribution >= 0.6 is 15.8 Å². The summed E-state index contributed by atoms with van der Waals surface area (Å²) in [7, 11) is -1.09. The van der Waals surface area contributed by atoms with Gasteiger partial charge in [-0.05, 0) is 117 Å². The van der Waals surface area contributed by atoms with Crippen molar-refractivity contribution in [1.82, 2.24) is 30.4 Å². The molecule has 0 N–H and O–H groups in total. The van der Waals surface area contributed by atoms with Crippen molar-refractivity contribution in [2.75, 3.05) is 13.3 Å². The average molecular weight is 1510 g/mol. The Kier molecular flexibility index (Phi) is 22.1. The molecule has 0 unspecified atom stereocenters. The standard InChI is InChI=1S/2C27H21F3N3O.2C13H13P.Os/c2*1-26(2,3)19-11-9-16(10-12-19)20-15-18-13-14-31-23(24(18)34-20)22-21(17-7-5-4-6-8-17)25(33-32-22)27(28,29)30;2*1-14(12-8-4-2-5-9-12)13-10-6-3-7-11-13;/h2*4-15H,1-3H3;2*2-11H,1H3;/q2*-1;;;+2/p+2. The molecule has 0 fully saturated rings. The summed E-state index contributed by atoms with van der Waals surface area (Å²) in [4.78, 5) is 8.70. The van der Waals surface area contributed by atoms with Gasteiger partial charge >= 0.3 is 32.1 Å². The fraction of sp³-hybridized carbons (Fsp3) is 0.150. The van der Waals surface area contributed by atoms with Gasteiger partial charge in [-0.3, -0.25) is 9.97 Å². The molecule has 0 saturated heterocycles. The number of pyridine rings is 2. The van der Waals surface area contributed by atoms with Gasteiger partial charge in [0, 0.05) is 34.3 Å². The van der Waals surface area contributed by atoms with Crippen LogP contribution in [0.2, 0.25) is 0 Å². The monoisotopic (exact) mass is 1510 g/mol. The minimum absolute atomic E-state index is 0. The third kappa shape index (κ3) is 16.7. The van der Waals surface area contributed by atoms with Gasteiger partial charge in [0.25, 0.3) is 0 Å². The number of hydrogen-bond acceptors (Lipinski definition) is 6. The number of aromatic nitrogens is 6. The molecule has 8 nitrogen and oxygen atoms in total. The predicted molar refractivity (Wildman–Crippen MR) is 383 cm³/mol. The second-order valence-electron chi connectivity index (χ2n) is 25.0. The molecule has 14 rings (SSSR count). The number of hydrogen-bond donors (Lipinski definition) is 0. The maximum atomic E-state index is 13.8. The van der Waals surface area contributed by atoms with Crippen LogP contribution in [0.3, 0.4) is 0 Å². The Morgan fingerprint density at radius 2 is 0.629 bits per heavy atom. The zero-order valence-electron chi connectivity index (χ0n) is 54.5. The van der Waals surface area contributed by atoms with E-state index in [-0.39, 0.29) is 64.5 Å². The molecule has 0 saturated carbocycles. The number of fused-ring (bicyclic) bond motifs is 2. The molecule has 490 valence electrons. The number of rotatable bonds is 10. The quantitative estimate of drug-likeness (QED) is 0.0985. The molecule has 0 radical (unpaired) electrons. The van der Waals surface area contributed by atoms with Crippen LogP contribution in [0.4, 0.5) is 26.3 Å². The summed E-state index contributed by atoms with van der Waals surface area (Å²) >= 11 is 0. The van der Waals surface area contributed by atoms with Gasteiger partial charge in [0.2, 0.25) is 0 Å². The summed E-state index contributed by atoms with van der Waals surface area (Å²) in [5, 5.41) is 22.1. The van der Waals surface area contributed by atoms with Crippen LogP contribution in [0.1, 0.15) is 64.1 Å². The third-order valence-corrected chi connectivity index (χ3v) is 21.1. The number of halogens is 6. The second-order valence-corrected chi connectivity index (χ2v) is 29.8. The summed E-state index contributed by atoms with van der Waals surface area (Å²) in [5.74, 6) is 1.20. The van der Waals surface area contributed by atoms with E-state index in [1.807, 2.05) is 60.7 Å². The van der Waals surface area contributed by atoms with E-state index in [1.54, 1.807) is 72.8 Å². The molecular formula is C80H70F6N6O2OsP2+2. The molecule has 6 heterocycles. The SMILES string of the molecule is CC(C)(C)c1ccc(-c2cc3ccnc(-c4[n-]nc(C(F)(F)F)c4-c4ccccc4)c3o2)cc1.CC(C)(C)c1ccc(-c2cc3ccnc(-c4[n-]nc(C(F)(F)F)c4-c4ccccc4)c3o2)cc1.C[PH+](c1ccccc1)c1ccccc1.C[PH+](c1ccccc1)c1ccccc1.[Os+2]. The first-order valence-electron chi connectivity index (χ1n) is 31.2. The minimum atomic E-state index is -4.66. The van der Waals surface area contributed by atoms with E-state index >= 15 is 0 Å². The van der Waals surface area contributed by atoms with Gasteiger partial charge in [0.05, 0.1) is 61.8 Å². The molecule has 0 aliphatic rings.